The zero-order valence-electron chi connectivity index (χ0n) is 12.1. The first-order valence-electron chi connectivity index (χ1n) is 6.47. The Labute approximate surface area is 110 Å². The molecule has 3 nitrogen and oxygen atoms in total. The smallest absolute Gasteiger partial charge is 0.236 e. The van der Waals surface area contributed by atoms with Crippen LogP contribution in [0.25, 0.3) is 0 Å². The average molecular weight is 248 g/mol. The van der Waals surface area contributed by atoms with Gasteiger partial charge >= 0.3 is 0 Å². The van der Waals surface area contributed by atoms with Crippen LogP contribution in [-0.2, 0) is 11.3 Å². The molecular formula is C15H24N2O. The third-order valence-electron chi connectivity index (χ3n) is 3.31. The van der Waals surface area contributed by atoms with Crippen LogP contribution in [0.2, 0.25) is 0 Å². The fraction of sp³-hybridized carbons (Fsp3) is 0.533. The summed E-state index contributed by atoms with van der Waals surface area (Å²) in [6.07, 6.45) is 0. The predicted octanol–water partition coefficient (Wildman–Crippen LogP) is 2.18. The number of hydrogen-bond acceptors (Lipinski definition) is 2. The average Bonchev–Trinajstić information content (AvgIpc) is 2.32. The van der Waals surface area contributed by atoms with Gasteiger partial charge in [-0.2, -0.15) is 0 Å². The van der Waals surface area contributed by atoms with Gasteiger partial charge in [0.05, 0.1) is 6.54 Å². The fourth-order valence-corrected chi connectivity index (χ4v) is 1.90. The maximum absolute atomic E-state index is 11.8. The summed E-state index contributed by atoms with van der Waals surface area (Å²) in [5, 5.41) is 3.06. The minimum Gasteiger partial charge on any atom is -0.340 e. The minimum absolute atomic E-state index is 0.134. The highest BCUT2D eigenvalue weighted by atomic mass is 16.2. The lowest BCUT2D eigenvalue weighted by atomic mass is 10.0. The largest absolute Gasteiger partial charge is 0.340 e. The van der Waals surface area contributed by atoms with E-state index in [0.29, 0.717) is 13.1 Å². The standard InChI is InChI=1S/C15H24N2O/c1-6-16-9-15(18)17(5)10-14-8-12(3)11(2)7-13(14)4/h7-8,16H,6,9-10H2,1-5H3. The molecule has 0 spiro atoms. The van der Waals surface area contributed by atoms with Gasteiger partial charge in [-0.25, -0.2) is 0 Å². The number of rotatable bonds is 5. The molecule has 0 aliphatic heterocycles. The molecule has 1 aromatic carbocycles. The van der Waals surface area contributed by atoms with Gasteiger partial charge in [0.25, 0.3) is 0 Å². The first-order valence-corrected chi connectivity index (χ1v) is 6.47. The molecule has 0 bridgehead atoms. The Balaban J connectivity index is 2.72. The van der Waals surface area contributed by atoms with E-state index in [2.05, 4.69) is 38.2 Å². The number of carbonyl (C=O) groups is 1. The van der Waals surface area contributed by atoms with Gasteiger partial charge in [0.15, 0.2) is 0 Å². The van der Waals surface area contributed by atoms with Crippen LogP contribution in [0, 0.1) is 20.8 Å². The highest BCUT2D eigenvalue weighted by Gasteiger charge is 2.10. The van der Waals surface area contributed by atoms with Gasteiger partial charge in [-0.1, -0.05) is 19.1 Å². The van der Waals surface area contributed by atoms with Gasteiger partial charge < -0.3 is 10.2 Å². The number of benzene rings is 1. The summed E-state index contributed by atoms with van der Waals surface area (Å²) >= 11 is 0. The topological polar surface area (TPSA) is 32.3 Å². The third kappa shape index (κ3) is 3.84. The van der Waals surface area contributed by atoms with Gasteiger partial charge in [0.2, 0.25) is 5.91 Å². The van der Waals surface area contributed by atoms with Gasteiger partial charge in [-0.05, 0) is 49.6 Å². The molecule has 1 N–H and O–H groups in total. The summed E-state index contributed by atoms with van der Waals surface area (Å²) in [5.41, 5.74) is 5.06. The lowest BCUT2D eigenvalue weighted by Crippen LogP contribution is -2.35. The van der Waals surface area contributed by atoms with Crippen LogP contribution in [0.15, 0.2) is 12.1 Å². The fourth-order valence-electron chi connectivity index (χ4n) is 1.90. The molecule has 0 saturated heterocycles. The van der Waals surface area contributed by atoms with E-state index in [9.17, 15) is 4.79 Å². The van der Waals surface area contributed by atoms with E-state index in [0.717, 1.165) is 6.54 Å². The maximum Gasteiger partial charge on any atom is 0.236 e. The lowest BCUT2D eigenvalue weighted by molar-refractivity contribution is -0.129. The monoisotopic (exact) mass is 248 g/mol. The Bertz CT molecular complexity index is 427. The normalized spacial score (nSPS) is 10.5. The van der Waals surface area contributed by atoms with Gasteiger partial charge in [0.1, 0.15) is 0 Å². The SMILES string of the molecule is CCNCC(=O)N(C)Cc1cc(C)c(C)cc1C. The molecule has 1 amide bonds. The number of amides is 1. The summed E-state index contributed by atoms with van der Waals surface area (Å²) in [6, 6.07) is 4.37. The second-order valence-corrected chi connectivity index (χ2v) is 4.89. The van der Waals surface area contributed by atoms with Crippen molar-refractivity contribution in [1.82, 2.24) is 10.2 Å². The van der Waals surface area contributed by atoms with Crippen LogP contribution in [0.4, 0.5) is 0 Å². The van der Waals surface area contributed by atoms with Crippen molar-refractivity contribution in [2.45, 2.75) is 34.2 Å². The summed E-state index contributed by atoms with van der Waals surface area (Å²) < 4.78 is 0. The Morgan fingerprint density at radius 2 is 1.78 bits per heavy atom. The Kier molecular flexibility index (Phi) is 5.35. The predicted molar refractivity (Wildman–Crippen MR) is 75.7 cm³/mol. The van der Waals surface area contributed by atoms with Gasteiger partial charge in [-0.3, -0.25) is 4.79 Å². The van der Waals surface area contributed by atoms with Crippen LogP contribution in [0.5, 0.6) is 0 Å². The number of nitrogens with one attached hydrogen (secondary N) is 1. The number of likely N-dealkylation sites (N-methyl/N-ethyl adjacent to an activating group) is 2. The van der Waals surface area contributed by atoms with Crippen molar-refractivity contribution < 1.29 is 4.79 Å². The number of hydrogen-bond donors (Lipinski definition) is 1. The van der Waals surface area contributed by atoms with E-state index in [-0.39, 0.29) is 5.91 Å². The van der Waals surface area contributed by atoms with E-state index < -0.39 is 0 Å². The van der Waals surface area contributed by atoms with Crippen molar-refractivity contribution in [3.05, 3.63) is 34.4 Å². The van der Waals surface area contributed by atoms with Gasteiger partial charge in [-0.15, -0.1) is 0 Å². The molecule has 0 aliphatic carbocycles. The molecule has 0 radical (unpaired) electrons. The number of nitrogens with zero attached hydrogens (tertiary/aromatic N) is 1. The molecule has 18 heavy (non-hydrogen) atoms. The Hall–Kier alpha value is -1.35. The van der Waals surface area contributed by atoms with Crippen LogP contribution in [0.1, 0.15) is 29.2 Å². The highest BCUT2D eigenvalue weighted by Crippen LogP contribution is 2.16. The van der Waals surface area contributed by atoms with Crippen molar-refractivity contribution in [2.75, 3.05) is 20.1 Å². The molecule has 3 heteroatoms. The van der Waals surface area contributed by atoms with E-state index in [1.807, 2.05) is 14.0 Å². The van der Waals surface area contributed by atoms with Crippen molar-refractivity contribution >= 4 is 5.91 Å². The van der Waals surface area contributed by atoms with E-state index in [4.69, 9.17) is 0 Å². The van der Waals surface area contributed by atoms with Crippen LogP contribution in [0.3, 0.4) is 0 Å². The summed E-state index contributed by atoms with van der Waals surface area (Å²) in [7, 11) is 1.86. The zero-order chi connectivity index (χ0) is 13.7. The molecule has 0 fully saturated rings. The molecule has 0 saturated carbocycles. The quantitative estimate of drug-likeness (QED) is 0.866. The van der Waals surface area contributed by atoms with Crippen LogP contribution >= 0.6 is 0 Å². The Morgan fingerprint density at radius 3 is 2.39 bits per heavy atom. The maximum atomic E-state index is 11.8. The third-order valence-corrected chi connectivity index (χ3v) is 3.31. The lowest BCUT2D eigenvalue weighted by Gasteiger charge is -2.19. The van der Waals surface area contributed by atoms with Crippen molar-refractivity contribution in [3.8, 4) is 0 Å². The summed E-state index contributed by atoms with van der Waals surface area (Å²) in [4.78, 5) is 13.6. The summed E-state index contributed by atoms with van der Waals surface area (Å²) in [6.45, 7) is 10.2. The molecule has 0 unspecified atom stereocenters. The van der Waals surface area contributed by atoms with Crippen molar-refractivity contribution in [2.24, 2.45) is 0 Å². The molecule has 0 atom stereocenters. The number of aryl methyl sites for hydroxylation is 3. The van der Waals surface area contributed by atoms with Crippen LogP contribution in [-0.4, -0.2) is 30.9 Å². The Morgan fingerprint density at radius 1 is 1.17 bits per heavy atom. The van der Waals surface area contributed by atoms with Crippen molar-refractivity contribution in [1.29, 1.82) is 0 Å². The highest BCUT2D eigenvalue weighted by molar-refractivity contribution is 5.78. The molecule has 0 aliphatic rings. The van der Waals surface area contributed by atoms with Gasteiger partial charge in [0, 0.05) is 13.6 Å². The van der Waals surface area contributed by atoms with E-state index in [1.54, 1.807) is 4.90 Å². The second kappa shape index (κ2) is 6.55. The van der Waals surface area contributed by atoms with E-state index in [1.165, 1.54) is 22.3 Å². The molecule has 1 rings (SSSR count). The van der Waals surface area contributed by atoms with E-state index >= 15 is 0 Å². The first-order chi connectivity index (χ1) is 8.45. The summed E-state index contributed by atoms with van der Waals surface area (Å²) in [5.74, 6) is 0.134. The first kappa shape index (κ1) is 14.7. The number of carbonyl (C=O) groups excluding carboxylic acids is 1. The van der Waals surface area contributed by atoms with Crippen molar-refractivity contribution in [3.63, 3.8) is 0 Å². The zero-order valence-corrected chi connectivity index (χ0v) is 12.1. The molecule has 1 aromatic rings. The molecule has 0 aromatic heterocycles. The molecular weight excluding hydrogens is 224 g/mol. The second-order valence-electron chi connectivity index (χ2n) is 4.89. The molecule has 100 valence electrons. The van der Waals surface area contributed by atoms with Crippen LogP contribution < -0.4 is 5.32 Å². The molecule has 0 heterocycles. The minimum atomic E-state index is 0.134.